The largest absolute Gasteiger partial charge is 0.344 e. The first-order chi connectivity index (χ1) is 14.8. The van der Waals surface area contributed by atoms with Crippen molar-refractivity contribution < 1.29 is 0 Å². The number of nitrogens with zero attached hydrogens (tertiary/aromatic N) is 2. The van der Waals surface area contributed by atoms with E-state index >= 15 is 0 Å². The van der Waals surface area contributed by atoms with Crippen LogP contribution >= 0.6 is 0 Å². The van der Waals surface area contributed by atoms with Crippen LogP contribution in [0.1, 0.15) is 34.1 Å². The van der Waals surface area contributed by atoms with Crippen LogP contribution in [0.5, 0.6) is 0 Å². The number of rotatable bonds is 1. The van der Waals surface area contributed by atoms with E-state index in [1.165, 1.54) is 45.0 Å². The van der Waals surface area contributed by atoms with Gasteiger partial charge in [0.1, 0.15) is 0 Å². The van der Waals surface area contributed by atoms with Gasteiger partial charge in [-0.05, 0) is 46.5 Å². The lowest BCUT2D eigenvalue weighted by Gasteiger charge is -2.43. The highest BCUT2D eigenvalue weighted by molar-refractivity contribution is 5.81. The van der Waals surface area contributed by atoms with Gasteiger partial charge >= 0.3 is 0 Å². The fourth-order valence-electron chi connectivity index (χ4n) is 5.54. The summed E-state index contributed by atoms with van der Waals surface area (Å²) in [7, 11) is 4.37. The second-order valence-corrected chi connectivity index (χ2v) is 8.31. The quantitative estimate of drug-likeness (QED) is 0.353. The Kier molecular flexibility index (Phi) is 3.76. The van der Waals surface area contributed by atoms with Crippen LogP contribution in [0.4, 0.5) is 22.7 Å². The number of hydrogen-bond donors (Lipinski definition) is 0. The Balaban J connectivity index is 1.68. The van der Waals surface area contributed by atoms with Crippen LogP contribution < -0.4 is 9.80 Å². The summed E-state index contributed by atoms with van der Waals surface area (Å²) in [4.78, 5) is 4.68. The number of anilines is 4. The van der Waals surface area contributed by atoms with Gasteiger partial charge in [-0.25, -0.2) is 0 Å². The van der Waals surface area contributed by atoms with Crippen LogP contribution in [-0.4, -0.2) is 14.1 Å². The van der Waals surface area contributed by atoms with Gasteiger partial charge in [0.2, 0.25) is 0 Å². The van der Waals surface area contributed by atoms with Crippen molar-refractivity contribution in [3.05, 3.63) is 119 Å². The Labute approximate surface area is 178 Å². The van der Waals surface area contributed by atoms with Gasteiger partial charge in [0.25, 0.3) is 0 Å². The third kappa shape index (κ3) is 2.31. The molecule has 0 spiro atoms. The van der Waals surface area contributed by atoms with E-state index in [0.29, 0.717) is 0 Å². The molecule has 0 unspecified atom stereocenters. The molecule has 0 amide bonds. The molecule has 30 heavy (non-hydrogen) atoms. The van der Waals surface area contributed by atoms with Gasteiger partial charge in [-0.1, -0.05) is 72.8 Å². The Bertz CT molecular complexity index is 1060. The highest BCUT2D eigenvalue weighted by Gasteiger charge is 2.39. The lowest BCUT2D eigenvalue weighted by atomic mass is 9.69. The molecule has 2 heteroatoms. The van der Waals surface area contributed by atoms with Gasteiger partial charge in [0.05, 0.1) is 0 Å². The first-order valence-electron chi connectivity index (χ1n) is 10.6. The van der Waals surface area contributed by atoms with E-state index in [1.807, 2.05) is 0 Å². The molecule has 0 saturated heterocycles. The van der Waals surface area contributed by atoms with Crippen molar-refractivity contribution in [2.75, 3.05) is 23.9 Å². The maximum absolute atomic E-state index is 2.34. The molecule has 2 heterocycles. The molecule has 2 aliphatic rings. The summed E-state index contributed by atoms with van der Waals surface area (Å²) in [6, 6.07) is 35.6. The van der Waals surface area contributed by atoms with Crippen LogP contribution in [0.2, 0.25) is 0 Å². The summed E-state index contributed by atoms with van der Waals surface area (Å²) in [5, 5.41) is 0. The Morgan fingerprint density at radius 1 is 0.400 bits per heavy atom. The van der Waals surface area contributed by atoms with E-state index in [9.17, 15) is 0 Å². The molecule has 6 rings (SSSR count). The molecule has 0 N–H and O–H groups in total. The predicted octanol–water partition coefficient (Wildman–Crippen LogP) is 6.81. The second kappa shape index (κ2) is 6.50. The van der Waals surface area contributed by atoms with E-state index < -0.39 is 0 Å². The molecular formula is C28H24N2. The molecular weight excluding hydrogens is 364 g/mol. The standard InChI is InChI=1S/C28H24N2/c1-29-23-15-7-3-11-19(23)27(20-12-4-8-16-24(20)29)28-21-13-5-9-17-25(21)30(2)26-18-10-6-14-22(26)28/h3-18,27-28H,1-2H3. The topological polar surface area (TPSA) is 6.48 Å². The summed E-state index contributed by atoms with van der Waals surface area (Å²) in [6.45, 7) is 0. The van der Waals surface area contributed by atoms with Crippen LogP contribution in [0.25, 0.3) is 0 Å². The fraction of sp³-hybridized carbons (Fsp3) is 0.143. The van der Waals surface area contributed by atoms with Crippen LogP contribution in [0.15, 0.2) is 97.1 Å². The molecule has 146 valence electrons. The highest BCUT2D eigenvalue weighted by atomic mass is 15.1. The van der Waals surface area contributed by atoms with Gasteiger partial charge in [-0.15, -0.1) is 0 Å². The number of fused-ring (bicyclic) bond motifs is 4. The van der Waals surface area contributed by atoms with Crippen molar-refractivity contribution in [2.45, 2.75) is 11.8 Å². The monoisotopic (exact) mass is 388 g/mol. The van der Waals surface area contributed by atoms with E-state index in [-0.39, 0.29) is 11.8 Å². The van der Waals surface area contributed by atoms with Crippen molar-refractivity contribution >= 4 is 22.7 Å². The summed E-state index contributed by atoms with van der Waals surface area (Å²) in [5.74, 6) is 0.536. The Morgan fingerprint density at radius 2 is 0.633 bits per heavy atom. The SMILES string of the molecule is CN1c2ccccc2C(C2c3ccccc3N(C)c3ccccc32)c2ccccc21. The molecule has 0 bridgehead atoms. The van der Waals surface area contributed by atoms with Gasteiger partial charge in [0, 0.05) is 48.7 Å². The molecule has 0 aromatic heterocycles. The van der Waals surface area contributed by atoms with Crippen LogP contribution in [0, 0.1) is 0 Å². The highest BCUT2D eigenvalue weighted by Crippen LogP contribution is 2.57. The average Bonchev–Trinajstić information content (AvgIpc) is 2.81. The molecule has 2 aliphatic heterocycles. The van der Waals surface area contributed by atoms with Gasteiger partial charge in [-0.3, -0.25) is 0 Å². The lowest BCUT2D eigenvalue weighted by Crippen LogP contribution is -2.29. The van der Waals surface area contributed by atoms with E-state index in [0.717, 1.165) is 0 Å². The van der Waals surface area contributed by atoms with Crippen molar-refractivity contribution in [1.29, 1.82) is 0 Å². The van der Waals surface area contributed by atoms with Crippen LogP contribution in [-0.2, 0) is 0 Å². The molecule has 4 aromatic rings. The van der Waals surface area contributed by atoms with Crippen molar-refractivity contribution in [2.24, 2.45) is 0 Å². The maximum Gasteiger partial charge on any atom is 0.0447 e. The molecule has 0 fully saturated rings. The minimum atomic E-state index is 0.268. The zero-order valence-corrected chi connectivity index (χ0v) is 17.3. The Hall–Kier alpha value is -3.52. The van der Waals surface area contributed by atoms with Gasteiger partial charge in [-0.2, -0.15) is 0 Å². The van der Waals surface area contributed by atoms with Gasteiger partial charge in [0.15, 0.2) is 0 Å². The average molecular weight is 389 g/mol. The summed E-state index contributed by atoms with van der Waals surface area (Å²) >= 11 is 0. The zero-order valence-electron chi connectivity index (χ0n) is 17.3. The fourth-order valence-corrected chi connectivity index (χ4v) is 5.54. The smallest absolute Gasteiger partial charge is 0.0447 e. The predicted molar refractivity (Wildman–Crippen MR) is 126 cm³/mol. The van der Waals surface area contributed by atoms with Crippen molar-refractivity contribution in [3.8, 4) is 0 Å². The first-order valence-corrected chi connectivity index (χ1v) is 10.6. The minimum Gasteiger partial charge on any atom is -0.344 e. The second-order valence-electron chi connectivity index (χ2n) is 8.31. The number of para-hydroxylation sites is 4. The normalized spacial score (nSPS) is 15.3. The van der Waals surface area contributed by atoms with Crippen LogP contribution in [0.3, 0.4) is 0 Å². The van der Waals surface area contributed by atoms with E-state index in [1.54, 1.807) is 0 Å². The van der Waals surface area contributed by atoms with Crippen molar-refractivity contribution in [3.63, 3.8) is 0 Å². The Morgan fingerprint density at radius 3 is 0.900 bits per heavy atom. The van der Waals surface area contributed by atoms with E-state index in [4.69, 9.17) is 0 Å². The third-order valence-corrected chi connectivity index (χ3v) is 6.87. The summed E-state index contributed by atoms with van der Waals surface area (Å²) < 4.78 is 0. The lowest BCUT2D eigenvalue weighted by molar-refractivity contribution is 0.675. The maximum atomic E-state index is 2.34. The van der Waals surface area contributed by atoms with Crippen molar-refractivity contribution in [1.82, 2.24) is 0 Å². The molecule has 0 aliphatic carbocycles. The third-order valence-electron chi connectivity index (χ3n) is 6.87. The molecule has 0 atom stereocenters. The number of hydrogen-bond acceptors (Lipinski definition) is 2. The zero-order chi connectivity index (χ0) is 20.2. The minimum absolute atomic E-state index is 0.268. The molecule has 4 aromatic carbocycles. The number of benzene rings is 4. The molecule has 2 nitrogen and oxygen atoms in total. The summed E-state index contributed by atoms with van der Waals surface area (Å²) in [5.41, 5.74) is 10.8. The molecule has 0 radical (unpaired) electrons. The first kappa shape index (κ1) is 17.3. The van der Waals surface area contributed by atoms with E-state index in [2.05, 4.69) is 121 Å². The summed E-state index contributed by atoms with van der Waals surface area (Å²) in [6.07, 6.45) is 0. The van der Waals surface area contributed by atoms with Gasteiger partial charge < -0.3 is 9.80 Å². The molecule has 0 saturated carbocycles.